The molecule has 23 heavy (non-hydrogen) atoms. The Bertz CT molecular complexity index is 883. The average Bonchev–Trinajstić information content (AvgIpc) is 2.94. The molecule has 3 N–H and O–H groups in total. The molecule has 1 amide bonds. The minimum atomic E-state index is -0.296. The van der Waals surface area contributed by atoms with Crippen molar-refractivity contribution >= 4 is 51.5 Å². The van der Waals surface area contributed by atoms with E-state index in [1.807, 2.05) is 13.0 Å². The summed E-state index contributed by atoms with van der Waals surface area (Å²) in [7, 11) is 0. The van der Waals surface area contributed by atoms with Gasteiger partial charge in [-0.25, -0.2) is 4.68 Å². The molecule has 0 atom stereocenters. The number of benzene rings is 2. The SMILES string of the molecule is CCn1nnc2cc(C(=O)Nc3cc(Cl)c(N)c(Cl)c3)ccc21. The van der Waals surface area contributed by atoms with Crippen LogP contribution in [0.2, 0.25) is 10.0 Å². The quantitative estimate of drug-likeness (QED) is 0.707. The molecule has 3 rings (SSSR count). The zero-order chi connectivity index (χ0) is 16.6. The first-order chi connectivity index (χ1) is 11.0. The van der Waals surface area contributed by atoms with Crippen molar-refractivity contribution < 1.29 is 4.79 Å². The summed E-state index contributed by atoms with van der Waals surface area (Å²) < 4.78 is 1.76. The Hall–Kier alpha value is -2.31. The van der Waals surface area contributed by atoms with Gasteiger partial charge in [0.15, 0.2) is 0 Å². The second-order valence-corrected chi connectivity index (χ2v) is 5.73. The number of nitrogens with one attached hydrogen (secondary N) is 1. The number of halogens is 2. The summed E-state index contributed by atoms with van der Waals surface area (Å²) >= 11 is 11.9. The maximum atomic E-state index is 12.4. The number of nitrogens with two attached hydrogens (primary N) is 1. The first-order valence-corrected chi connectivity index (χ1v) is 7.64. The van der Waals surface area contributed by atoms with Crippen molar-refractivity contribution in [2.45, 2.75) is 13.5 Å². The fourth-order valence-corrected chi connectivity index (χ4v) is 2.69. The number of carbonyl (C=O) groups excluding carboxylic acids is 1. The molecule has 0 aliphatic heterocycles. The van der Waals surface area contributed by atoms with Crippen LogP contribution in [0.25, 0.3) is 11.0 Å². The van der Waals surface area contributed by atoms with Crippen LogP contribution >= 0.6 is 23.2 Å². The highest BCUT2D eigenvalue weighted by Gasteiger charge is 2.12. The number of hydrogen-bond donors (Lipinski definition) is 2. The number of anilines is 2. The van der Waals surface area contributed by atoms with Gasteiger partial charge in [-0.15, -0.1) is 5.10 Å². The van der Waals surface area contributed by atoms with Crippen LogP contribution in [0.4, 0.5) is 11.4 Å². The van der Waals surface area contributed by atoms with E-state index in [4.69, 9.17) is 28.9 Å². The molecule has 3 aromatic rings. The number of nitrogen functional groups attached to an aromatic ring is 1. The first kappa shape index (κ1) is 15.6. The lowest BCUT2D eigenvalue weighted by Gasteiger charge is -2.08. The smallest absolute Gasteiger partial charge is 0.255 e. The lowest BCUT2D eigenvalue weighted by Crippen LogP contribution is -2.12. The monoisotopic (exact) mass is 349 g/mol. The molecule has 0 fully saturated rings. The van der Waals surface area contributed by atoms with Crippen molar-refractivity contribution in [1.82, 2.24) is 15.0 Å². The summed E-state index contributed by atoms with van der Waals surface area (Å²) in [4.78, 5) is 12.4. The zero-order valence-corrected chi connectivity index (χ0v) is 13.7. The van der Waals surface area contributed by atoms with Crippen LogP contribution in [0.1, 0.15) is 17.3 Å². The molecule has 0 saturated heterocycles. The molecule has 118 valence electrons. The highest BCUT2D eigenvalue weighted by molar-refractivity contribution is 6.39. The predicted octanol–water partition coefficient (Wildman–Crippen LogP) is 3.59. The van der Waals surface area contributed by atoms with Crippen molar-refractivity contribution in [3.63, 3.8) is 0 Å². The van der Waals surface area contributed by atoms with Gasteiger partial charge in [-0.2, -0.15) is 0 Å². The van der Waals surface area contributed by atoms with E-state index in [0.717, 1.165) is 5.52 Å². The van der Waals surface area contributed by atoms with Crippen LogP contribution in [0, 0.1) is 0 Å². The molecular weight excluding hydrogens is 337 g/mol. The summed E-state index contributed by atoms with van der Waals surface area (Å²) in [5.74, 6) is -0.296. The number of aryl methyl sites for hydroxylation is 1. The van der Waals surface area contributed by atoms with E-state index in [2.05, 4.69) is 15.6 Å². The van der Waals surface area contributed by atoms with E-state index < -0.39 is 0 Å². The van der Waals surface area contributed by atoms with Crippen molar-refractivity contribution in [1.29, 1.82) is 0 Å². The van der Waals surface area contributed by atoms with Crippen LogP contribution in [0.5, 0.6) is 0 Å². The molecule has 0 spiro atoms. The van der Waals surface area contributed by atoms with Crippen molar-refractivity contribution in [3.8, 4) is 0 Å². The predicted molar refractivity (Wildman–Crippen MR) is 92.0 cm³/mol. The molecule has 1 heterocycles. The van der Waals surface area contributed by atoms with E-state index in [9.17, 15) is 4.79 Å². The lowest BCUT2D eigenvalue weighted by atomic mass is 10.1. The van der Waals surface area contributed by atoms with Crippen LogP contribution in [-0.2, 0) is 6.54 Å². The third-order valence-corrected chi connectivity index (χ3v) is 4.04. The third-order valence-electron chi connectivity index (χ3n) is 3.41. The molecule has 0 unspecified atom stereocenters. The second-order valence-electron chi connectivity index (χ2n) is 4.92. The van der Waals surface area contributed by atoms with E-state index in [1.54, 1.807) is 28.9 Å². The standard InChI is InChI=1S/C15H13Cl2N5O/c1-2-22-13-4-3-8(5-12(13)20-21-22)15(23)19-9-6-10(16)14(18)11(17)7-9/h3-7H,2,18H2,1H3,(H,19,23). The highest BCUT2D eigenvalue weighted by Crippen LogP contribution is 2.31. The number of hydrogen-bond acceptors (Lipinski definition) is 4. The number of fused-ring (bicyclic) bond motifs is 1. The van der Waals surface area contributed by atoms with Gasteiger partial charge in [0.05, 0.1) is 21.2 Å². The Kier molecular flexibility index (Phi) is 4.11. The Morgan fingerprint density at radius 1 is 1.26 bits per heavy atom. The molecule has 6 nitrogen and oxygen atoms in total. The molecule has 0 aliphatic carbocycles. The Balaban J connectivity index is 1.88. The Morgan fingerprint density at radius 3 is 2.61 bits per heavy atom. The first-order valence-electron chi connectivity index (χ1n) is 6.88. The van der Waals surface area contributed by atoms with Crippen LogP contribution in [0.15, 0.2) is 30.3 Å². The van der Waals surface area contributed by atoms with Gasteiger partial charge in [0, 0.05) is 17.8 Å². The van der Waals surface area contributed by atoms with Crippen LogP contribution < -0.4 is 11.1 Å². The number of amides is 1. The van der Waals surface area contributed by atoms with E-state index in [0.29, 0.717) is 23.3 Å². The van der Waals surface area contributed by atoms with Crippen molar-refractivity contribution in [2.24, 2.45) is 0 Å². The summed E-state index contributed by atoms with van der Waals surface area (Å²) in [6, 6.07) is 8.31. The van der Waals surface area contributed by atoms with Gasteiger partial charge in [-0.05, 0) is 37.3 Å². The molecule has 0 saturated carbocycles. The van der Waals surface area contributed by atoms with Gasteiger partial charge in [0.2, 0.25) is 0 Å². The summed E-state index contributed by atoms with van der Waals surface area (Å²) in [5, 5.41) is 11.4. The van der Waals surface area contributed by atoms with E-state index in [1.165, 1.54) is 0 Å². The molecule has 0 bridgehead atoms. The van der Waals surface area contributed by atoms with E-state index >= 15 is 0 Å². The maximum Gasteiger partial charge on any atom is 0.255 e. The van der Waals surface area contributed by atoms with Crippen LogP contribution in [-0.4, -0.2) is 20.9 Å². The number of aromatic nitrogens is 3. The fraction of sp³-hybridized carbons (Fsp3) is 0.133. The zero-order valence-electron chi connectivity index (χ0n) is 12.2. The number of carbonyl (C=O) groups is 1. The largest absolute Gasteiger partial charge is 0.396 e. The summed E-state index contributed by atoms with van der Waals surface area (Å²) in [5.41, 5.74) is 8.43. The normalized spacial score (nSPS) is 10.9. The number of nitrogens with zero attached hydrogens (tertiary/aromatic N) is 3. The fourth-order valence-electron chi connectivity index (χ4n) is 2.21. The van der Waals surface area contributed by atoms with Gasteiger partial charge in [-0.1, -0.05) is 28.4 Å². The van der Waals surface area contributed by atoms with Crippen LogP contribution in [0.3, 0.4) is 0 Å². The topological polar surface area (TPSA) is 85.8 Å². The van der Waals surface area contributed by atoms with Gasteiger partial charge >= 0.3 is 0 Å². The molecule has 0 radical (unpaired) electrons. The molecule has 2 aromatic carbocycles. The van der Waals surface area contributed by atoms with Gasteiger partial charge in [0.25, 0.3) is 5.91 Å². The minimum Gasteiger partial charge on any atom is -0.396 e. The summed E-state index contributed by atoms with van der Waals surface area (Å²) in [6.07, 6.45) is 0. The van der Waals surface area contributed by atoms with E-state index in [-0.39, 0.29) is 21.6 Å². The number of rotatable bonds is 3. The highest BCUT2D eigenvalue weighted by atomic mass is 35.5. The Morgan fingerprint density at radius 2 is 1.96 bits per heavy atom. The molecular formula is C15H13Cl2N5O. The molecule has 8 heteroatoms. The lowest BCUT2D eigenvalue weighted by molar-refractivity contribution is 0.102. The van der Waals surface area contributed by atoms with Crippen molar-refractivity contribution in [2.75, 3.05) is 11.1 Å². The maximum absolute atomic E-state index is 12.4. The Labute approximate surface area is 142 Å². The van der Waals surface area contributed by atoms with Gasteiger partial charge in [-0.3, -0.25) is 4.79 Å². The van der Waals surface area contributed by atoms with Crippen molar-refractivity contribution in [3.05, 3.63) is 45.9 Å². The second kappa shape index (κ2) is 6.06. The van der Waals surface area contributed by atoms with Gasteiger partial charge in [0.1, 0.15) is 5.52 Å². The average molecular weight is 350 g/mol. The summed E-state index contributed by atoms with van der Waals surface area (Å²) in [6.45, 7) is 2.69. The van der Waals surface area contributed by atoms with Gasteiger partial charge < -0.3 is 11.1 Å². The minimum absolute atomic E-state index is 0.281. The molecule has 1 aromatic heterocycles. The molecule has 0 aliphatic rings. The third kappa shape index (κ3) is 2.95.